The van der Waals surface area contributed by atoms with Gasteiger partial charge >= 0.3 is 0 Å². The molecule has 3 heterocycles. The molecule has 2 aromatic heterocycles. The largest absolute Gasteiger partial charge is 0.383 e. The standard InChI is InChI=1S/C18H25ClN6/c1-20-16-17(19)22-13-23-18(16)24(2)10-5-14-6-11-25(12-7-14)15-3-8-21-9-4-15/h3-4,8-9,13-14,20H,5-7,10-12H2,1-2H3. The van der Waals surface area contributed by atoms with Gasteiger partial charge in [0.1, 0.15) is 12.0 Å². The fourth-order valence-corrected chi connectivity index (χ4v) is 3.60. The molecule has 1 saturated heterocycles. The molecular formula is C18H25ClN6. The monoisotopic (exact) mass is 360 g/mol. The Hall–Kier alpha value is -2.08. The minimum absolute atomic E-state index is 0.463. The number of rotatable bonds is 6. The number of hydrogen-bond acceptors (Lipinski definition) is 6. The van der Waals surface area contributed by atoms with Crippen LogP contribution in [0.25, 0.3) is 0 Å². The van der Waals surface area contributed by atoms with Crippen molar-refractivity contribution >= 4 is 28.8 Å². The van der Waals surface area contributed by atoms with E-state index in [1.165, 1.54) is 24.9 Å². The fraction of sp³-hybridized carbons (Fsp3) is 0.500. The predicted molar refractivity (Wildman–Crippen MR) is 104 cm³/mol. The average Bonchev–Trinajstić information content (AvgIpc) is 2.67. The van der Waals surface area contributed by atoms with Crippen molar-refractivity contribution in [1.82, 2.24) is 15.0 Å². The molecule has 1 fully saturated rings. The number of aromatic nitrogens is 3. The highest BCUT2D eigenvalue weighted by molar-refractivity contribution is 6.32. The summed E-state index contributed by atoms with van der Waals surface area (Å²) in [5.74, 6) is 1.60. The van der Waals surface area contributed by atoms with E-state index in [0.717, 1.165) is 43.5 Å². The molecule has 25 heavy (non-hydrogen) atoms. The van der Waals surface area contributed by atoms with E-state index in [0.29, 0.717) is 5.15 Å². The molecule has 0 amide bonds. The summed E-state index contributed by atoms with van der Waals surface area (Å²) < 4.78 is 0. The zero-order chi connectivity index (χ0) is 17.6. The van der Waals surface area contributed by atoms with Crippen molar-refractivity contribution in [2.45, 2.75) is 19.3 Å². The van der Waals surface area contributed by atoms with E-state index in [1.54, 1.807) is 0 Å². The first-order chi connectivity index (χ1) is 12.2. The lowest BCUT2D eigenvalue weighted by Gasteiger charge is -2.34. The van der Waals surface area contributed by atoms with Crippen LogP contribution in [0.5, 0.6) is 0 Å². The Morgan fingerprint density at radius 2 is 1.96 bits per heavy atom. The number of nitrogens with zero attached hydrogens (tertiary/aromatic N) is 5. The van der Waals surface area contributed by atoms with Gasteiger partial charge < -0.3 is 15.1 Å². The third kappa shape index (κ3) is 4.31. The molecule has 0 bridgehead atoms. The molecule has 0 aliphatic carbocycles. The van der Waals surface area contributed by atoms with Crippen molar-refractivity contribution in [3.63, 3.8) is 0 Å². The highest BCUT2D eigenvalue weighted by atomic mass is 35.5. The molecular weight excluding hydrogens is 336 g/mol. The van der Waals surface area contributed by atoms with Gasteiger partial charge in [-0.25, -0.2) is 9.97 Å². The molecule has 134 valence electrons. The molecule has 0 spiro atoms. The molecule has 1 aliphatic heterocycles. The first-order valence-corrected chi connectivity index (χ1v) is 9.11. The molecule has 0 unspecified atom stereocenters. The molecule has 0 atom stereocenters. The maximum Gasteiger partial charge on any atom is 0.157 e. The van der Waals surface area contributed by atoms with E-state index in [2.05, 4.69) is 49.2 Å². The Balaban J connectivity index is 1.51. The van der Waals surface area contributed by atoms with Crippen molar-refractivity contribution in [2.24, 2.45) is 5.92 Å². The minimum Gasteiger partial charge on any atom is -0.383 e. The molecule has 7 heteroatoms. The van der Waals surface area contributed by atoms with Crippen molar-refractivity contribution in [2.75, 3.05) is 48.8 Å². The highest BCUT2D eigenvalue weighted by Gasteiger charge is 2.20. The van der Waals surface area contributed by atoms with Crippen LogP contribution >= 0.6 is 11.6 Å². The summed E-state index contributed by atoms with van der Waals surface area (Å²) >= 11 is 6.15. The van der Waals surface area contributed by atoms with Gasteiger partial charge in [-0.3, -0.25) is 4.98 Å². The zero-order valence-electron chi connectivity index (χ0n) is 14.8. The van der Waals surface area contributed by atoms with Gasteiger partial charge in [-0.15, -0.1) is 0 Å². The van der Waals surface area contributed by atoms with Crippen molar-refractivity contribution < 1.29 is 0 Å². The van der Waals surface area contributed by atoms with Crippen LogP contribution < -0.4 is 15.1 Å². The number of pyridine rings is 1. The molecule has 0 aromatic carbocycles. The summed E-state index contributed by atoms with van der Waals surface area (Å²) in [6, 6.07) is 4.18. The Morgan fingerprint density at radius 1 is 1.24 bits per heavy atom. The summed E-state index contributed by atoms with van der Waals surface area (Å²) in [6.45, 7) is 3.18. The molecule has 2 aromatic rings. The second-order valence-corrected chi connectivity index (χ2v) is 6.82. The van der Waals surface area contributed by atoms with E-state index in [4.69, 9.17) is 11.6 Å². The number of hydrogen-bond donors (Lipinski definition) is 1. The maximum absolute atomic E-state index is 6.15. The lowest BCUT2D eigenvalue weighted by molar-refractivity contribution is 0.384. The topological polar surface area (TPSA) is 57.2 Å². The van der Waals surface area contributed by atoms with Crippen LogP contribution in [0.3, 0.4) is 0 Å². The van der Waals surface area contributed by atoms with E-state index in [9.17, 15) is 0 Å². The fourth-order valence-electron chi connectivity index (χ4n) is 3.38. The summed E-state index contributed by atoms with van der Waals surface area (Å²) in [5, 5.41) is 3.56. The van der Waals surface area contributed by atoms with Gasteiger partial charge in [0.25, 0.3) is 0 Å². The molecule has 6 nitrogen and oxygen atoms in total. The van der Waals surface area contributed by atoms with Gasteiger partial charge in [0.05, 0.1) is 0 Å². The first kappa shape index (κ1) is 17.7. The van der Waals surface area contributed by atoms with E-state index in [-0.39, 0.29) is 0 Å². The quantitative estimate of drug-likeness (QED) is 0.797. The van der Waals surface area contributed by atoms with Gasteiger partial charge in [-0.05, 0) is 37.3 Å². The second kappa shape index (κ2) is 8.34. The van der Waals surface area contributed by atoms with Gasteiger partial charge in [0.2, 0.25) is 0 Å². The third-order valence-electron chi connectivity index (χ3n) is 4.91. The third-order valence-corrected chi connectivity index (χ3v) is 5.19. The van der Waals surface area contributed by atoms with Crippen LogP contribution in [0.2, 0.25) is 5.15 Å². The first-order valence-electron chi connectivity index (χ1n) is 8.73. The molecule has 3 rings (SSSR count). The van der Waals surface area contributed by atoms with Crippen molar-refractivity contribution in [3.8, 4) is 0 Å². The Bertz CT molecular complexity index is 673. The number of nitrogens with one attached hydrogen (secondary N) is 1. The molecule has 1 N–H and O–H groups in total. The van der Waals surface area contributed by atoms with Crippen molar-refractivity contribution in [3.05, 3.63) is 36.0 Å². The highest BCUT2D eigenvalue weighted by Crippen LogP contribution is 2.29. The van der Waals surface area contributed by atoms with Crippen LogP contribution in [-0.2, 0) is 0 Å². The number of piperidine rings is 1. The minimum atomic E-state index is 0.463. The number of halogens is 1. The lowest BCUT2D eigenvalue weighted by Crippen LogP contribution is -2.35. The van der Waals surface area contributed by atoms with Crippen LogP contribution in [0, 0.1) is 5.92 Å². The summed E-state index contributed by atoms with van der Waals surface area (Å²) in [4.78, 5) is 17.1. The molecule has 0 radical (unpaired) electrons. The molecule has 0 saturated carbocycles. The normalized spacial score (nSPS) is 15.2. The lowest BCUT2D eigenvalue weighted by atomic mass is 9.93. The predicted octanol–water partition coefficient (Wildman–Crippen LogP) is 3.31. The zero-order valence-corrected chi connectivity index (χ0v) is 15.6. The Kier molecular flexibility index (Phi) is 5.91. The smallest absolute Gasteiger partial charge is 0.157 e. The van der Waals surface area contributed by atoms with Crippen LogP contribution in [-0.4, -0.2) is 48.7 Å². The SMILES string of the molecule is CNc1c(Cl)ncnc1N(C)CCC1CCN(c2ccncc2)CC1. The summed E-state index contributed by atoms with van der Waals surface area (Å²) in [6.07, 6.45) is 8.85. The van der Waals surface area contributed by atoms with Gasteiger partial charge in [0, 0.05) is 51.8 Å². The Labute approximate surface area is 154 Å². The van der Waals surface area contributed by atoms with Gasteiger partial charge in [-0.2, -0.15) is 0 Å². The van der Waals surface area contributed by atoms with Gasteiger partial charge in [0.15, 0.2) is 11.0 Å². The van der Waals surface area contributed by atoms with Crippen molar-refractivity contribution in [1.29, 1.82) is 0 Å². The van der Waals surface area contributed by atoms with E-state index in [1.807, 2.05) is 19.4 Å². The van der Waals surface area contributed by atoms with Gasteiger partial charge in [-0.1, -0.05) is 11.6 Å². The average molecular weight is 361 g/mol. The van der Waals surface area contributed by atoms with E-state index < -0.39 is 0 Å². The summed E-state index contributed by atoms with van der Waals surface area (Å²) in [7, 11) is 3.91. The Morgan fingerprint density at radius 3 is 2.64 bits per heavy atom. The second-order valence-electron chi connectivity index (χ2n) is 6.46. The number of anilines is 3. The van der Waals surface area contributed by atoms with Crippen LogP contribution in [0.1, 0.15) is 19.3 Å². The van der Waals surface area contributed by atoms with Crippen LogP contribution in [0.15, 0.2) is 30.9 Å². The molecule has 1 aliphatic rings. The summed E-state index contributed by atoms with van der Waals surface area (Å²) in [5.41, 5.74) is 2.07. The maximum atomic E-state index is 6.15. The van der Waals surface area contributed by atoms with E-state index >= 15 is 0 Å². The van der Waals surface area contributed by atoms with Crippen LogP contribution in [0.4, 0.5) is 17.2 Å².